The van der Waals surface area contributed by atoms with Crippen LogP contribution in [0.4, 0.5) is 19.0 Å². The van der Waals surface area contributed by atoms with Crippen LogP contribution in [0.5, 0.6) is 0 Å². The topological polar surface area (TPSA) is 116 Å². The van der Waals surface area contributed by atoms with Gasteiger partial charge in [0.25, 0.3) is 12.3 Å². The molecule has 0 aliphatic heterocycles. The summed E-state index contributed by atoms with van der Waals surface area (Å²) >= 11 is 0. The number of aromatic nitrogens is 4. The zero-order valence-corrected chi connectivity index (χ0v) is 22.4. The molecule has 2 amide bonds. The number of hydrogen-bond acceptors (Lipinski definition) is 5. The van der Waals surface area contributed by atoms with Crippen LogP contribution in [0.25, 0.3) is 11.1 Å². The van der Waals surface area contributed by atoms with Crippen LogP contribution in [0.1, 0.15) is 60.4 Å². The van der Waals surface area contributed by atoms with E-state index < -0.39 is 36.3 Å². The summed E-state index contributed by atoms with van der Waals surface area (Å²) in [6.07, 6.45) is 3.64. The number of nitrogens with zero attached hydrogens (tertiary/aromatic N) is 4. The largest absolute Gasteiger partial charge is 0.618 e. The summed E-state index contributed by atoms with van der Waals surface area (Å²) < 4.78 is 43.4. The van der Waals surface area contributed by atoms with E-state index in [1.165, 1.54) is 37.5 Å². The molecule has 0 saturated heterocycles. The number of anilines is 1. The van der Waals surface area contributed by atoms with Crippen molar-refractivity contribution in [1.82, 2.24) is 20.1 Å². The molecule has 0 aromatic carbocycles. The van der Waals surface area contributed by atoms with Gasteiger partial charge in [0.15, 0.2) is 11.9 Å². The summed E-state index contributed by atoms with van der Waals surface area (Å²) in [5.74, 6) is -1.79. The molecule has 2 aliphatic rings. The molecule has 0 radical (unpaired) electrons. The Morgan fingerprint density at radius 2 is 1.77 bits per heavy atom. The summed E-state index contributed by atoms with van der Waals surface area (Å²) in [7, 11) is 0. The number of alkyl halides is 2. The average molecular weight is 557 g/mol. The van der Waals surface area contributed by atoms with E-state index in [0.29, 0.717) is 21.6 Å². The number of nitrogens with one attached hydrogen (secondary N) is 2. The molecule has 2 fully saturated rings. The van der Waals surface area contributed by atoms with Gasteiger partial charge in [-0.25, -0.2) is 13.8 Å². The fraction of sp³-hybridized carbons (Fsp3) is 0.464. The Labute approximate surface area is 229 Å². The lowest BCUT2D eigenvalue weighted by Gasteiger charge is -2.27. The van der Waals surface area contributed by atoms with Crippen molar-refractivity contribution < 1.29 is 27.5 Å². The molecule has 12 heteroatoms. The van der Waals surface area contributed by atoms with Crippen molar-refractivity contribution in [3.63, 3.8) is 0 Å². The SMILES string of the molecule is Cc1cc(-c2ccc(NC(=O)[C@@H](NC(=O)c3ccnn3C(C)C(F)F)C(C3CC3)C3CC3)nc2F)c(C)[n+]([O-])c1. The Morgan fingerprint density at radius 1 is 1.10 bits per heavy atom. The van der Waals surface area contributed by atoms with Crippen molar-refractivity contribution in [3.05, 3.63) is 64.8 Å². The Kier molecular flexibility index (Phi) is 7.52. The predicted molar refractivity (Wildman–Crippen MR) is 140 cm³/mol. The van der Waals surface area contributed by atoms with Gasteiger partial charge in [-0.05, 0) is 81.5 Å². The summed E-state index contributed by atoms with van der Waals surface area (Å²) in [5.41, 5.74) is 1.39. The molecule has 2 N–H and O–H groups in total. The van der Waals surface area contributed by atoms with Crippen molar-refractivity contribution in [2.24, 2.45) is 17.8 Å². The molecule has 2 aliphatic carbocycles. The third kappa shape index (κ3) is 5.66. The van der Waals surface area contributed by atoms with Crippen LogP contribution in [0.15, 0.2) is 36.7 Å². The Balaban J connectivity index is 1.39. The van der Waals surface area contributed by atoms with Gasteiger partial charge in [-0.3, -0.25) is 14.3 Å². The normalized spacial score (nSPS) is 16.7. The first-order chi connectivity index (χ1) is 19.0. The smallest absolute Gasteiger partial charge is 0.270 e. The average Bonchev–Trinajstić information content (AvgIpc) is 3.85. The third-order valence-electron chi connectivity index (χ3n) is 7.74. The molecule has 3 heterocycles. The summed E-state index contributed by atoms with van der Waals surface area (Å²) in [5, 5.41) is 21.4. The maximum atomic E-state index is 15.1. The minimum Gasteiger partial charge on any atom is -0.618 e. The van der Waals surface area contributed by atoms with E-state index in [4.69, 9.17) is 0 Å². The lowest BCUT2D eigenvalue weighted by molar-refractivity contribution is -0.612. The van der Waals surface area contributed by atoms with E-state index in [1.54, 1.807) is 19.9 Å². The minimum absolute atomic E-state index is 0.0486. The van der Waals surface area contributed by atoms with Crippen molar-refractivity contribution in [3.8, 4) is 11.1 Å². The van der Waals surface area contributed by atoms with E-state index in [9.17, 15) is 23.6 Å². The highest BCUT2D eigenvalue weighted by molar-refractivity contribution is 6.00. The number of carbonyl (C=O) groups is 2. The molecule has 5 rings (SSSR count). The van der Waals surface area contributed by atoms with Crippen molar-refractivity contribution in [2.45, 2.75) is 65.0 Å². The second kappa shape index (κ2) is 10.9. The first-order valence-corrected chi connectivity index (χ1v) is 13.4. The van der Waals surface area contributed by atoms with Crippen LogP contribution >= 0.6 is 0 Å². The van der Waals surface area contributed by atoms with Gasteiger partial charge < -0.3 is 15.8 Å². The molecule has 40 heavy (non-hydrogen) atoms. The summed E-state index contributed by atoms with van der Waals surface area (Å²) in [6.45, 7) is 4.56. The molecule has 2 saturated carbocycles. The molecular formula is C28H31F3N6O3. The van der Waals surface area contributed by atoms with E-state index >= 15 is 4.39 Å². The van der Waals surface area contributed by atoms with E-state index in [2.05, 4.69) is 20.7 Å². The van der Waals surface area contributed by atoms with Gasteiger partial charge in [0.05, 0.1) is 5.56 Å². The summed E-state index contributed by atoms with van der Waals surface area (Å²) in [4.78, 5) is 30.8. The molecule has 212 valence electrons. The minimum atomic E-state index is -2.73. The Hall–Kier alpha value is -3.96. The van der Waals surface area contributed by atoms with Crippen LogP contribution < -0.4 is 15.4 Å². The monoisotopic (exact) mass is 556 g/mol. The highest BCUT2D eigenvalue weighted by atomic mass is 19.3. The maximum absolute atomic E-state index is 15.1. The van der Waals surface area contributed by atoms with Gasteiger partial charge in [-0.15, -0.1) is 0 Å². The number of halogens is 3. The molecule has 3 aromatic rings. The highest BCUT2D eigenvalue weighted by Crippen LogP contribution is 2.51. The Bertz CT molecular complexity index is 1420. The van der Waals surface area contributed by atoms with Crippen LogP contribution in [0.3, 0.4) is 0 Å². The lowest BCUT2D eigenvalue weighted by Crippen LogP contribution is -2.50. The first kappa shape index (κ1) is 27.6. The fourth-order valence-corrected chi connectivity index (χ4v) is 5.32. The van der Waals surface area contributed by atoms with Gasteiger partial charge in [0.1, 0.15) is 23.6 Å². The molecule has 1 unspecified atom stereocenters. The number of aryl methyl sites for hydroxylation is 1. The van der Waals surface area contributed by atoms with Crippen molar-refractivity contribution >= 4 is 17.6 Å². The van der Waals surface area contributed by atoms with Gasteiger partial charge in [0, 0.05) is 24.2 Å². The first-order valence-electron chi connectivity index (χ1n) is 13.4. The molecule has 0 spiro atoms. The third-order valence-corrected chi connectivity index (χ3v) is 7.74. The lowest BCUT2D eigenvalue weighted by atomic mass is 9.88. The number of hydrogen-bond donors (Lipinski definition) is 2. The second-order valence-electron chi connectivity index (χ2n) is 10.8. The van der Waals surface area contributed by atoms with Crippen molar-refractivity contribution in [2.75, 3.05) is 5.32 Å². The second-order valence-corrected chi connectivity index (χ2v) is 10.8. The zero-order valence-electron chi connectivity index (χ0n) is 22.4. The molecule has 0 bridgehead atoms. The van der Waals surface area contributed by atoms with Gasteiger partial charge in [-0.2, -0.15) is 14.2 Å². The molecule has 3 aromatic heterocycles. The van der Waals surface area contributed by atoms with Gasteiger partial charge in [0.2, 0.25) is 11.9 Å². The maximum Gasteiger partial charge on any atom is 0.270 e. The molecular weight excluding hydrogens is 525 g/mol. The number of pyridine rings is 2. The van der Waals surface area contributed by atoms with Crippen LogP contribution in [-0.4, -0.2) is 39.0 Å². The number of amides is 2. The predicted octanol–water partition coefficient (Wildman–Crippen LogP) is 4.33. The highest BCUT2D eigenvalue weighted by Gasteiger charge is 2.48. The van der Waals surface area contributed by atoms with E-state index in [0.717, 1.165) is 30.4 Å². The van der Waals surface area contributed by atoms with Gasteiger partial charge >= 0.3 is 0 Å². The zero-order chi connectivity index (χ0) is 28.7. The standard InChI is InChI=1S/C28H31F3N6O3/c1-14-12-20(15(2)36(40)13-14)19-8-9-22(33-26(19)31)34-28(39)24(23(17-4-5-17)18-6-7-18)35-27(38)21-10-11-32-37(21)16(3)25(29)30/h8-13,16-18,23-25H,4-7H2,1-3H3,(H,35,38)(H,33,34,39)/t16?,24-/m0/s1. The number of rotatable bonds is 10. The fourth-order valence-electron chi connectivity index (χ4n) is 5.32. The van der Waals surface area contributed by atoms with Crippen LogP contribution in [0, 0.1) is 42.8 Å². The molecule has 9 nitrogen and oxygen atoms in total. The van der Waals surface area contributed by atoms with E-state index in [1.807, 2.05) is 0 Å². The van der Waals surface area contributed by atoms with Gasteiger partial charge in [-0.1, -0.05) is 0 Å². The van der Waals surface area contributed by atoms with Crippen LogP contribution in [0.2, 0.25) is 0 Å². The van der Waals surface area contributed by atoms with Crippen LogP contribution in [-0.2, 0) is 4.79 Å². The molecule has 2 atom stereocenters. The number of carbonyl (C=O) groups excluding carboxylic acids is 2. The van der Waals surface area contributed by atoms with E-state index in [-0.39, 0.29) is 34.8 Å². The Morgan fingerprint density at radius 3 is 2.38 bits per heavy atom. The summed E-state index contributed by atoms with van der Waals surface area (Å²) in [6, 6.07) is 3.60. The quantitative estimate of drug-likeness (QED) is 0.219. The van der Waals surface area contributed by atoms with Crippen molar-refractivity contribution in [1.29, 1.82) is 0 Å².